The Labute approximate surface area is 119 Å². The average molecular weight is 292 g/mol. The Morgan fingerprint density at radius 1 is 0.905 bits per heavy atom. The molecule has 3 N–H and O–H groups in total. The standard InChI is InChI=1S/C8H6O4.C6H6O3/c9-7(10)5-3-1-2-4-6(5)8(11)12;7-6(8)5-3-1-2-4-9-5/h1-4H,(H,9,10)(H,11,12);1-5H,(H,7,8). The van der Waals surface area contributed by atoms with Crippen LogP contribution in [-0.2, 0) is 9.53 Å². The van der Waals surface area contributed by atoms with E-state index in [1.807, 2.05) is 0 Å². The largest absolute Gasteiger partial charge is 0.482 e. The minimum Gasteiger partial charge on any atom is -0.482 e. The highest BCUT2D eigenvalue weighted by Gasteiger charge is 2.14. The molecule has 2 rings (SSSR count). The monoisotopic (exact) mass is 292 g/mol. The second-order valence-electron chi connectivity index (χ2n) is 3.76. The number of rotatable bonds is 3. The molecule has 110 valence electrons. The van der Waals surface area contributed by atoms with Crippen molar-refractivity contribution in [2.24, 2.45) is 0 Å². The highest BCUT2D eigenvalue weighted by atomic mass is 16.5. The Balaban J connectivity index is 0.000000219. The van der Waals surface area contributed by atoms with Gasteiger partial charge in [0.25, 0.3) is 0 Å². The summed E-state index contributed by atoms with van der Waals surface area (Å²) < 4.78 is 4.67. The molecular formula is C14H12O7. The molecule has 0 radical (unpaired) electrons. The number of carboxylic acid groups (broad SMARTS) is 3. The second-order valence-corrected chi connectivity index (χ2v) is 3.76. The molecule has 0 spiro atoms. The molecule has 0 saturated heterocycles. The maximum absolute atomic E-state index is 10.5. The Morgan fingerprint density at radius 3 is 1.71 bits per heavy atom. The predicted octanol–water partition coefficient (Wildman–Crippen LogP) is 1.62. The zero-order valence-corrected chi connectivity index (χ0v) is 10.7. The average Bonchev–Trinajstić information content (AvgIpc) is 2.48. The van der Waals surface area contributed by atoms with Crippen LogP contribution >= 0.6 is 0 Å². The smallest absolute Gasteiger partial charge is 0.349 e. The Bertz CT molecular complexity index is 568. The van der Waals surface area contributed by atoms with Crippen LogP contribution in [0, 0.1) is 0 Å². The van der Waals surface area contributed by atoms with E-state index >= 15 is 0 Å². The Kier molecular flexibility index (Phi) is 5.69. The highest BCUT2D eigenvalue weighted by Crippen LogP contribution is 2.07. The summed E-state index contributed by atoms with van der Waals surface area (Å²) in [6.07, 6.45) is 5.32. The molecular weight excluding hydrogens is 280 g/mol. The molecule has 7 nitrogen and oxygen atoms in total. The van der Waals surface area contributed by atoms with Crippen molar-refractivity contribution in [2.75, 3.05) is 0 Å². The van der Waals surface area contributed by atoms with E-state index in [0.717, 1.165) is 0 Å². The van der Waals surface area contributed by atoms with Crippen LogP contribution in [0.2, 0.25) is 0 Å². The van der Waals surface area contributed by atoms with Gasteiger partial charge in [0.15, 0.2) is 0 Å². The quantitative estimate of drug-likeness (QED) is 0.773. The van der Waals surface area contributed by atoms with E-state index in [1.54, 1.807) is 12.2 Å². The molecule has 0 bridgehead atoms. The molecule has 1 unspecified atom stereocenters. The second kappa shape index (κ2) is 7.49. The number of aromatic carboxylic acids is 2. The minimum absolute atomic E-state index is 0.190. The Morgan fingerprint density at radius 2 is 1.43 bits per heavy atom. The van der Waals surface area contributed by atoms with Crippen molar-refractivity contribution in [3.63, 3.8) is 0 Å². The number of allylic oxidation sites excluding steroid dienone is 2. The van der Waals surface area contributed by atoms with Crippen molar-refractivity contribution in [1.29, 1.82) is 0 Å². The third-order valence-electron chi connectivity index (χ3n) is 2.33. The lowest BCUT2D eigenvalue weighted by molar-refractivity contribution is -0.144. The molecule has 0 amide bonds. The zero-order valence-electron chi connectivity index (χ0n) is 10.7. The van der Waals surface area contributed by atoms with E-state index in [1.165, 1.54) is 36.6 Å². The number of ether oxygens (including phenoxy) is 1. The minimum atomic E-state index is -1.23. The summed E-state index contributed by atoms with van der Waals surface area (Å²) >= 11 is 0. The first-order chi connectivity index (χ1) is 9.93. The van der Waals surface area contributed by atoms with E-state index in [9.17, 15) is 14.4 Å². The van der Waals surface area contributed by atoms with Crippen LogP contribution < -0.4 is 0 Å². The van der Waals surface area contributed by atoms with Gasteiger partial charge in [0.1, 0.15) is 0 Å². The number of benzene rings is 1. The van der Waals surface area contributed by atoms with Gasteiger partial charge >= 0.3 is 17.9 Å². The third kappa shape index (κ3) is 4.83. The molecule has 1 aromatic carbocycles. The third-order valence-corrected chi connectivity index (χ3v) is 2.33. The van der Waals surface area contributed by atoms with Crippen LogP contribution in [0.1, 0.15) is 20.7 Å². The van der Waals surface area contributed by atoms with Gasteiger partial charge < -0.3 is 20.1 Å². The Hall–Kier alpha value is -3.09. The van der Waals surface area contributed by atoms with Crippen LogP contribution in [0.4, 0.5) is 0 Å². The lowest BCUT2D eigenvalue weighted by atomic mass is 10.1. The SMILES string of the molecule is O=C(O)C1C=CC=CO1.O=C(O)c1ccccc1C(=O)O. The fraction of sp³-hybridized carbons (Fsp3) is 0.0714. The molecule has 0 fully saturated rings. The molecule has 0 aliphatic carbocycles. The van der Waals surface area contributed by atoms with Crippen LogP contribution in [0.3, 0.4) is 0 Å². The first-order valence-corrected chi connectivity index (χ1v) is 5.70. The van der Waals surface area contributed by atoms with Crippen LogP contribution in [0.25, 0.3) is 0 Å². The van der Waals surface area contributed by atoms with Gasteiger partial charge in [-0.25, -0.2) is 14.4 Å². The van der Waals surface area contributed by atoms with Crippen LogP contribution in [0.5, 0.6) is 0 Å². The van der Waals surface area contributed by atoms with Gasteiger partial charge in [-0.3, -0.25) is 0 Å². The van der Waals surface area contributed by atoms with Crippen LogP contribution in [-0.4, -0.2) is 39.3 Å². The molecule has 7 heteroatoms. The summed E-state index contributed by atoms with van der Waals surface area (Å²) in [5.41, 5.74) is -0.380. The van der Waals surface area contributed by atoms with E-state index in [0.29, 0.717) is 0 Å². The van der Waals surface area contributed by atoms with Crippen molar-refractivity contribution in [1.82, 2.24) is 0 Å². The van der Waals surface area contributed by atoms with Gasteiger partial charge in [-0.15, -0.1) is 0 Å². The van der Waals surface area contributed by atoms with E-state index in [4.69, 9.17) is 15.3 Å². The molecule has 1 heterocycles. The molecule has 1 atom stereocenters. The van der Waals surface area contributed by atoms with E-state index < -0.39 is 24.0 Å². The predicted molar refractivity (Wildman–Crippen MR) is 71.1 cm³/mol. The number of aliphatic carboxylic acids is 1. The maximum atomic E-state index is 10.5. The number of carbonyl (C=O) groups is 3. The summed E-state index contributed by atoms with van der Waals surface area (Å²) in [6.45, 7) is 0. The van der Waals surface area contributed by atoms with E-state index in [2.05, 4.69) is 4.74 Å². The first kappa shape index (κ1) is 16.0. The fourth-order valence-electron chi connectivity index (χ4n) is 1.38. The van der Waals surface area contributed by atoms with E-state index in [-0.39, 0.29) is 11.1 Å². The molecule has 0 saturated carbocycles. The number of hydrogen-bond donors (Lipinski definition) is 3. The van der Waals surface area contributed by atoms with Crippen molar-refractivity contribution in [3.05, 3.63) is 59.9 Å². The first-order valence-electron chi connectivity index (χ1n) is 5.70. The highest BCUT2D eigenvalue weighted by molar-refractivity contribution is 6.01. The van der Waals surface area contributed by atoms with Crippen molar-refractivity contribution in [2.45, 2.75) is 6.10 Å². The lowest BCUT2D eigenvalue weighted by Crippen LogP contribution is -2.19. The van der Waals surface area contributed by atoms with Gasteiger partial charge in [0, 0.05) is 0 Å². The van der Waals surface area contributed by atoms with Crippen LogP contribution in [0.15, 0.2) is 48.8 Å². The van der Waals surface area contributed by atoms with Gasteiger partial charge in [0.2, 0.25) is 6.10 Å². The summed E-state index contributed by atoms with van der Waals surface area (Å²) in [6, 6.07) is 5.48. The topological polar surface area (TPSA) is 121 Å². The molecule has 1 aliphatic heterocycles. The van der Waals surface area contributed by atoms with Gasteiger partial charge in [0.05, 0.1) is 17.4 Å². The summed E-state index contributed by atoms with van der Waals surface area (Å²) in [5, 5.41) is 25.4. The van der Waals surface area contributed by atoms with Gasteiger partial charge in [-0.05, 0) is 24.3 Å². The maximum Gasteiger partial charge on any atom is 0.349 e. The number of hydrogen-bond acceptors (Lipinski definition) is 4. The summed E-state index contributed by atoms with van der Waals surface area (Å²) in [4.78, 5) is 31.1. The molecule has 1 aliphatic rings. The summed E-state index contributed by atoms with van der Waals surface area (Å²) in [7, 11) is 0. The molecule has 1 aromatic rings. The van der Waals surface area contributed by atoms with Gasteiger partial charge in [-0.1, -0.05) is 18.2 Å². The van der Waals surface area contributed by atoms with Crippen molar-refractivity contribution in [3.8, 4) is 0 Å². The fourth-order valence-corrected chi connectivity index (χ4v) is 1.38. The molecule has 0 aromatic heterocycles. The molecule has 21 heavy (non-hydrogen) atoms. The normalized spacial score (nSPS) is 15.3. The number of carboxylic acids is 3. The lowest BCUT2D eigenvalue weighted by Gasteiger charge is -2.08. The van der Waals surface area contributed by atoms with Gasteiger partial charge in [-0.2, -0.15) is 0 Å². The zero-order chi connectivity index (χ0) is 15.8. The van der Waals surface area contributed by atoms with Crippen molar-refractivity contribution >= 4 is 17.9 Å². The van der Waals surface area contributed by atoms with Crippen molar-refractivity contribution < 1.29 is 34.4 Å². The summed E-state index contributed by atoms with van der Waals surface area (Å²) in [5.74, 6) is -3.42.